The first kappa shape index (κ1) is 16.0. The molecule has 84 valence electrons. The second-order valence-electron chi connectivity index (χ2n) is 2.08. The molecule has 0 unspecified atom stereocenters. The Labute approximate surface area is 79.8 Å². The minimum Gasteiger partial charge on any atom is -0.366 e. The van der Waals surface area contributed by atoms with Gasteiger partial charge in [-0.2, -0.15) is 0 Å². The van der Waals surface area contributed by atoms with Gasteiger partial charge >= 0.3 is 15.2 Å². The van der Waals surface area contributed by atoms with E-state index in [0.29, 0.717) is 0 Å². The quantitative estimate of drug-likeness (QED) is 0.314. The Balaban J connectivity index is 0. The predicted octanol–water partition coefficient (Wildman–Crippen LogP) is -1.04. The maximum Gasteiger partial charge on any atom is 0.337 e. The molecule has 1 amide bonds. The summed E-state index contributed by atoms with van der Waals surface area (Å²) in [4.78, 5) is 41.4. The molecule has 8 nitrogen and oxygen atoms in total. The van der Waals surface area contributed by atoms with Gasteiger partial charge in [0.1, 0.15) is 0 Å². The van der Waals surface area contributed by atoms with Gasteiger partial charge in [-0.1, -0.05) is 6.58 Å². The molecule has 10 heteroatoms. The molecule has 0 aliphatic heterocycles. The molecule has 6 N–H and O–H groups in total. The van der Waals surface area contributed by atoms with E-state index in [1.165, 1.54) is 0 Å². The summed E-state index contributed by atoms with van der Waals surface area (Å²) in [6.07, 6.45) is 1.06. The number of hydrogen-bond acceptors (Lipinski definition) is 3. The largest absolute Gasteiger partial charge is 0.366 e. The molecular weight excluding hydrogens is 236 g/mol. The van der Waals surface area contributed by atoms with Crippen LogP contribution in [0.1, 0.15) is 0 Å². The van der Waals surface area contributed by atoms with Gasteiger partial charge < -0.3 is 25.3 Å². The average molecular weight is 247 g/mol. The van der Waals surface area contributed by atoms with E-state index in [2.05, 4.69) is 12.3 Å². The van der Waals surface area contributed by atoms with Gasteiger partial charge in [0.25, 0.3) is 0 Å². The Morgan fingerprint density at radius 1 is 1.21 bits per heavy atom. The third-order valence-corrected chi connectivity index (χ3v) is 3.52. The van der Waals surface area contributed by atoms with Gasteiger partial charge in [-0.15, -0.1) is 0 Å². The van der Waals surface area contributed by atoms with Crippen molar-refractivity contribution in [3.05, 3.63) is 12.7 Å². The highest BCUT2D eigenvalue weighted by Gasteiger charge is 2.26. The molecular formula is C4H11NO7P2. The van der Waals surface area contributed by atoms with Crippen molar-refractivity contribution in [1.29, 1.82) is 0 Å². The molecule has 0 aromatic carbocycles. The van der Waals surface area contributed by atoms with Crippen LogP contribution in [0.25, 0.3) is 0 Å². The first-order valence-electron chi connectivity index (χ1n) is 2.99. The molecule has 0 aromatic heterocycles. The lowest BCUT2D eigenvalue weighted by molar-refractivity contribution is -0.113. The van der Waals surface area contributed by atoms with E-state index >= 15 is 0 Å². The summed E-state index contributed by atoms with van der Waals surface area (Å²) in [5.41, 5.74) is 4.53. The second kappa shape index (κ2) is 6.08. The van der Waals surface area contributed by atoms with Crippen molar-refractivity contribution in [1.82, 2.24) is 0 Å². The fraction of sp³-hybridized carbons (Fsp3) is 0.250. The summed E-state index contributed by atoms with van der Waals surface area (Å²) in [6, 6.07) is 0. The zero-order chi connectivity index (χ0) is 12.0. The topological polar surface area (TPSA) is 158 Å². The van der Waals surface area contributed by atoms with Crippen LogP contribution in [0.2, 0.25) is 0 Å². The Morgan fingerprint density at radius 2 is 1.43 bits per heavy atom. The lowest BCUT2D eigenvalue weighted by Crippen LogP contribution is -2.04. The van der Waals surface area contributed by atoms with Crippen LogP contribution in [0.4, 0.5) is 0 Å². The van der Waals surface area contributed by atoms with Crippen LogP contribution in [0.5, 0.6) is 0 Å². The molecule has 0 spiro atoms. The van der Waals surface area contributed by atoms with E-state index in [4.69, 9.17) is 19.6 Å². The van der Waals surface area contributed by atoms with Crippen molar-refractivity contribution in [2.24, 2.45) is 5.73 Å². The van der Waals surface area contributed by atoms with Crippen molar-refractivity contribution in [3.8, 4) is 0 Å². The highest BCUT2D eigenvalue weighted by atomic mass is 31.2. The van der Waals surface area contributed by atoms with Gasteiger partial charge in [0.2, 0.25) is 5.91 Å². The van der Waals surface area contributed by atoms with Gasteiger partial charge in [0.15, 0.2) is 5.90 Å². The van der Waals surface area contributed by atoms with Gasteiger partial charge in [0.05, 0.1) is 0 Å². The minimum absolute atomic E-state index is 0.481. The van der Waals surface area contributed by atoms with Crippen molar-refractivity contribution < 1.29 is 33.5 Å². The maximum absolute atomic E-state index is 9.85. The van der Waals surface area contributed by atoms with Crippen LogP contribution in [-0.4, -0.2) is 31.4 Å². The Morgan fingerprint density at radius 3 is 1.43 bits per heavy atom. The van der Waals surface area contributed by atoms with E-state index in [0.717, 1.165) is 6.08 Å². The lowest BCUT2D eigenvalue weighted by atomic mass is 10.6. The number of amides is 1. The molecule has 0 bridgehead atoms. The molecule has 14 heavy (non-hydrogen) atoms. The van der Waals surface area contributed by atoms with Crippen LogP contribution >= 0.6 is 15.2 Å². The van der Waals surface area contributed by atoms with E-state index in [1.54, 1.807) is 0 Å². The summed E-state index contributed by atoms with van der Waals surface area (Å²) in [7, 11) is -9.10. The average Bonchev–Trinajstić information content (AvgIpc) is 1.80. The molecule has 0 aromatic rings. The third-order valence-electron chi connectivity index (χ3n) is 0.570. The maximum atomic E-state index is 9.85. The lowest BCUT2D eigenvalue weighted by Gasteiger charge is -2.03. The van der Waals surface area contributed by atoms with E-state index < -0.39 is 27.0 Å². The summed E-state index contributed by atoms with van der Waals surface area (Å²) in [6.45, 7) is 3.09. The predicted molar refractivity (Wildman–Crippen MR) is 48.3 cm³/mol. The molecule has 0 saturated heterocycles. The molecule has 0 atom stereocenters. The zero-order valence-corrected chi connectivity index (χ0v) is 8.77. The van der Waals surface area contributed by atoms with Crippen molar-refractivity contribution in [2.75, 3.05) is 5.90 Å². The van der Waals surface area contributed by atoms with Crippen LogP contribution in [0.3, 0.4) is 0 Å². The Kier molecular flexibility index (Phi) is 6.93. The summed E-state index contributed by atoms with van der Waals surface area (Å²) in [5.74, 6) is -1.86. The van der Waals surface area contributed by atoms with Crippen molar-refractivity contribution in [3.63, 3.8) is 0 Å². The van der Waals surface area contributed by atoms with Gasteiger partial charge in [-0.05, 0) is 6.08 Å². The second-order valence-corrected chi connectivity index (χ2v) is 5.87. The van der Waals surface area contributed by atoms with Crippen LogP contribution in [-0.2, 0) is 13.9 Å². The number of nitrogens with two attached hydrogens (primary N) is 1. The standard InChI is InChI=1S/C3H5NO.CH6O6P2/c1-2-3(4)5;2-8(3,4)1-9(5,6)7/h2H,1H2,(H2,4,5);1H2,(H2,2,3,4)(H2,5,6,7). The Bertz CT molecular complexity index is 268. The Hall–Kier alpha value is -0.490. The molecule has 0 aliphatic rings. The first-order valence-corrected chi connectivity index (χ1v) is 6.58. The van der Waals surface area contributed by atoms with Crippen LogP contribution in [0, 0.1) is 0 Å². The normalized spacial score (nSPS) is 11.1. The highest BCUT2D eigenvalue weighted by Crippen LogP contribution is 2.51. The van der Waals surface area contributed by atoms with Crippen molar-refractivity contribution in [2.45, 2.75) is 0 Å². The number of rotatable bonds is 3. The van der Waals surface area contributed by atoms with Crippen molar-refractivity contribution >= 4 is 21.1 Å². The minimum atomic E-state index is -4.55. The summed E-state index contributed by atoms with van der Waals surface area (Å²) < 4.78 is 19.7. The molecule has 0 rings (SSSR count). The van der Waals surface area contributed by atoms with Crippen LogP contribution in [0.15, 0.2) is 12.7 Å². The smallest absolute Gasteiger partial charge is 0.337 e. The summed E-state index contributed by atoms with van der Waals surface area (Å²) in [5, 5.41) is 0. The number of carbonyl (C=O) groups excluding carboxylic acids is 1. The fourth-order valence-corrected chi connectivity index (χ4v) is 2.16. The van der Waals surface area contributed by atoms with E-state index in [-0.39, 0.29) is 0 Å². The SMILES string of the molecule is C=CC(N)=O.O=P(O)(O)CP(=O)(O)O. The summed E-state index contributed by atoms with van der Waals surface area (Å²) >= 11 is 0. The van der Waals surface area contributed by atoms with Gasteiger partial charge in [0, 0.05) is 0 Å². The van der Waals surface area contributed by atoms with Gasteiger partial charge in [-0.3, -0.25) is 13.9 Å². The van der Waals surface area contributed by atoms with E-state index in [1.807, 2.05) is 0 Å². The number of primary amides is 1. The molecule has 0 fully saturated rings. The zero-order valence-electron chi connectivity index (χ0n) is 6.98. The van der Waals surface area contributed by atoms with Gasteiger partial charge in [-0.25, -0.2) is 0 Å². The molecule has 0 aliphatic carbocycles. The highest BCUT2D eigenvalue weighted by molar-refractivity contribution is 7.69. The number of carbonyl (C=O) groups is 1. The number of hydrogen-bond donors (Lipinski definition) is 5. The first-order chi connectivity index (χ1) is 5.98. The fourth-order valence-electron chi connectivity index (χ4n) is 0.240. The van der Waals surface area contributed by atoms with E-state index in [9.17, 15) is 13.9 Å². The monoisotopic (exact) mass is 247 g/mol. The molecule has 0 saturated carbocycles. The third kappa shape index (κ3) is 22.5. The van der Waals surface area contributed by atoms with Crippen LogP contribution < -0.4 is 5.73 Å². The molecule has 0 radical (unpaired) electrons. The molecule has 0 heterocycles.